The van der Waals surface area contributed by atoms with Gasteiger partial charge < -0.3 is 15.1 Å². The summed E-state index contributed by atoms with van der Waals surface area (Å²) >= 11 is 5.28. The Balaban J connectivity index is 1.81. The molecule has 2 N–H and O–H groups in total. The van der Waals surface area contributed by atoms with Crippen LogP contribution >= 0.6 is 12.2 Å². The molecule has 0 atom stereocenters. The summed E-state index contributed by atoms with van der Waals surface area (Å²) in [7, 11) is 0. The van der Waals surface area contributed by atoms with Crippen molar-refractivity contribution in [3.05, 3.63) is 42.5 Å². The number of anilines is 1. The first-order chi connectivity index (χ1) is 10.3. The zero-order valence-electron chi connectivity index (χ0n) is 12.0. The SMILES string of the molecule is CCCCNC(=S)Nc1ccc2c(c1)oc1ccccc12. The van der Waals surface area contributed by atoms with Crippen LogP contribution in [-0.4, -0.2) is 11.7 Å². The summed E-state index contributed by atoms with van der Waals surface area (Å²) in [5.41, 5.74) is 2.72. The lowest BCUT2D eigenvalue weighted by Gasteiger charge is -2.09. The fraction of sp³-hybridized carbons (Fsp3) is 0.235. The van der Waals surface area contributed by atoms with Crippen LogP contribution in [0.1, 0.15) is 19.8 Å². The highest BCUT2D eigenvalue weighted by atomic mass is 32.1. The standard InChI is InChI=1S/C17H18N2OS/c1-2-3-10-18-17(21)19-12-8-9-14-13-6-4-5-7-15(13)20-16(14)11-12/h4-9,11H,2-3,10H2,1H3,(H2,18,19,21). The number of nitrogens with one attached hydrogen (secondary N) is 2. The third-order valence-corrected chi connectivity index (χ3v) is 3.70. The van der Waals surface area contributed by atoms with Crippen molar-refractivity contribution in [2.75, 3.05) is 11.9 Å². The number of unbranched alkanes of at least 4 members (excludes halogenated alkanes) is 1. The average Bonchev–Trinajstić information content (AvgIpc) is 2.85. The molecular formula is C17H18N2OS. The molecule has 0 amide bonds. The molecule has 1 heterocycles. The van der Waals surface area contributed by atoms with Crippen molar-refractivity contribution in [1.29, 1.82) is 0 Å². The van der Waals surface area contributed by atoms with Gasteiger partial charge in [0.2, 0.25) is 0 Å². The van der Waals surface area contributed by atoms with Gasteiger partial charge >= 0.3 is 0 Å². The van der Waals surface area contributed by atoms with Crippen LogP contribution in [0.25, 0.3) is 21.9 Å². The Kier molecular flexibility index (Phi) is 4.06. The number of furan rings is 1. The minimum absolute atomic E-state index is 0.652. The molecule has 3 rings (SSSR count). The second-order valence-corrected chi connectivity index (χ2v) is 5.45. The topological polar surface area (TPSA) is 37.2 Å². The average molecular weight is 298 g/mol. The summed E-state index contributed by atoms with van der Waals surface area (Å²) in [5, 5.41) is 9.31. The Bertz CT molecular complexity index is 779. The Morgan fingerprint density at radius 3 is 2.76 bits per heavy atom. The second kappa shape index (κ2) is 6.14. The van der Waals surface area contributed by atoms with E-state index in [0.717, 1.165) is 47.0 Å². The van der Waals surface area contributed by atoms with Crippen LogP contribution in [0.3, 0.4) is 0 Å². The van der Waals surface area contributed by atoms with Crippen LogP contribution in [-0.2, 0) is 0 Å². The van der Waals surface area contributed by atoms with E-state index in [9.17, 15) is 0 Å². The molecule has 2 aromatic carbocycles. The molecule has 3 aromatic rings. The van der Waals surface area contributed by atoms with Gasteiger partial charge in [0.25, 0.3) is 0 Å². The molecule has 4 heteroatoms. The van der Waals surface area contributed by atoms with E-state index in [1.54, 1.807) is 0 Å². The van der Waals surface area contributed by atoms with Crippen molar-refractivity contribution < 1.29 is 4.42 Å². The Hall–Kier alpha value is -2.07. The Morgan fingerprint density at radius 2 is 1.90 bits per heavy atom. The van der Waals surface area contributed by atoms with Gasteiger partial charge in [0.1, 0.15) is 11.2 Å². The summed E-state index contributed by atoms with van der Waals surface area (Å²) in [6.45, 7) is 3.06. The van der Waals surface area contributed by atoms with Crippen molar-refractivity contribution in [1.82, 2.24) is 5.32 Å². The van der Waals surface area contributed by atoms with Crippen LogP contribution in [0.5, 0.6) is 0 Å². The fourth-order valence-electron chi connectivity index (χ4n) is 2.36. The van der Waals surface area contributed by atoms with E-state index in [4.69, 9.17) is 16.6 Å². The van der Waals surface area contributed by atoms with Crippen molar-refractivity contribution in [2.24, 2.45) is 0 Å². The van der Waals surface area contributed by atoms with Gasteiger partial charge in [-0.25, -0.2) is 0 Å². The van der Waals surface area contributed by atoms with Crippen LogP contribution in [0.2, 0.25) is 0 Å². The molecule has 0 spiro atoms. The molecule has 0 saturated heterocycles. The number of para-hydroxylation sites is 1. The molecule has 0 radical (unpaired) electrons. The first-order valence-corrected chi connectivity index (χ1v) is 7.65. The van der Waals surface area contributed by atoms with Gasteiger partial charge in [-0.1, -0.05) is 31.5 Å². The van der Waals surface area contributed by atoms with Crippen molar-refractivity contribution >= 4 is 45.0 Å². The number of fused-ring (bicyclic) bond motifs is 3. The largest absolute Gasteiger partial charge is 0.456 e. The molecule has 0 saturated carbocycles. The quantitative estimate of drug-likeness (QED) is 0.542. The van der Waals surface area contributed by atoms with Crippen LogP contribution in [0.15, 0.2) is 46.9 Å². The second-order valence-electron chi connectivity index (χ2n) is 5.04. The summed E-state index contributed by atoms with van der Waals surface area (Å²) in [6.07, 6.45) is 2.27. The lowest BCUT2D eigenvalue weighted by molar-refractivity contribution is 0.669. The van der Waals surface area contributed by atoms with E-state index in [0.29, 0.717) is 5.11 Å². The smallest absolute Gasteiger partial charge is 0.170 e. The minimum atomic E-state index is 0.652. The van der Waals surface area contributed by atoms with E-state index in [1.165, 1.54) is 0 Å². The Labute approximate surface area is 129 Å². The molecule has 0 aliphatic carbocycles. The van der Waals surface area contributed by atoms with Gasteiger partial charge in [-0.15, -0.1) is 0 Å². The lowest BCUT2D eigenvalue weighted by Crippen LogP contribution is -2.29. The third-order valence-electron chi connectivity index (χ3n) is 3.45. The normalized spacial score (nSPS) is 10.9. The maximum atomic E-state index is 5.87. The number of hydrogen-bond donors (Lipinski definition) is 2. The van der Waals surface area contributed by atoms with Crippen LogP contribution in [0.4, 0.5) is 5.69 Å². The maximum absolute atomic E-state index is 5.87. The van der Waals surface area contributed by atoms with E-state index >= 15 is 0 Å². The van der Waals surface area contributed by atoms with Gasteiger partial charge in [0.05, 0.1) is 0 Å². The van der Waals surface area contributed by atoms with Crippen molar-refractivity contribution in [3.63, 3.8) is 0 Å². The molecule has 1 aromatic heterocycles. The molecule has 0 fully saturated rings. The first kappa shape index (κ1) is 13.9. The lowest BCUT2D eigenvalue weighted by atomic mass is 10.1. The van der Waals surface area contributed by atoms with E-state index in [-0.39, 0.29) is 0 Å². The molecular weight excluding hydrogens is 280 g/mol. The van der Waals surface area contributed by atoms with Gasteiger partial charge in [0, 0.05) is 29.1 Å². The summed E-state index contributed by atoms with van der Waals surface area (Å²) in [5.74, 6) is 0. The molecule has 21 heavy (non-hydrogen) atoms. The summed E-state index contributed by atoms with van der Waals surface area (Å²) in [6, 6.07) is 14.1. The van der Waals surface area contributed by atoms with Gasteiger partial charge in [-0.3, -0.25) is 0 Å². The zero-order valence-corrected chi connectivity index (χ0v) is 12.8. The third kappa shape index (κ3) is 3.00. The Morgan fingerprint density at radius 1 is 1.10 bits per heavy atom. The van der Waals surface area contributed by atoms with E-state index < -0.39 is 0 Å². The van der Waals surface area contributed by atoms with Gasteiger partial charge in [-0.05, 0) is 36.8 Å². The molecule has 0 aliphatic rings. The number of thiocarbonyl (C=S) groups is 1. The summed E-state index contributed by atoms with van der Waals surface area (Å²) in [4.78, 5) is 0. The first-order valence-electron chi connectivity index (χ1n) is 7.24. The number of rotatable bonds is 4. The summed E-state index contributed by atoms with van der Waals surface area (Å²) < 4.78 is 5.87. The maximum Gasteiger partial charge on any atom is 0.170 e. The highest BCUT2D eigenvalue weighted by molar-refractivity contribution is 7.80. The molecule has 0 unspecified atom stereocenters. The van der Waals surface area contributed by atoms with Crippen molar-refractivity contribution in [2.45, 2.75) is 19.8 Å². The highest BCUT2D eigenvalue weighted by Gasteiger charge is 2.07. The number of benzene rings is 2. The highest BCUT2D eigenvalue weighted by Crippen LogP contribution is 2.30. The van der Waals surface area contributed by atoms with Crippen LogP contribution in [0, 0.1) is 0 Å². The van der Waals surface area contributed by atoms with E-state index in [1.807, 2.05) is 30.3 Å². The van der Waals surface area contributed by atoms with Crippen molar-refractivity contribution in [3.8, 4) is 0 Å². The predicted molar refractivity (Wildman–Crippen MR) is 92.9 cm³/mol. The molecule has 108 valence electrons. The molecule has 3 nitrogen and oxygen atoms in total. The van der Waals surface area contributed by atoms with Gasteiger partial charge in [-0.2, -0.15) is 0 Å². The zero-order chi connectivity index (χ0) is 14.7. The number of hydrogen-bond acceptors (Lipinski definition) is 2. The fourth-order valence-corrected chi connectivity index (χ4v) is 2.58. The van der Waals surface area contributed by atoms with E-state index in [2.05, 4.69) is 29.7 Å². The molecule has 0 bridgehead atoms. The van der Waals surface area contributed by atoms with Gasteiger partial charge in [0.15, 0.2) is 5.11 Å². The molecule has 0 aliphatic heterocycles. The minimum Gasteiger partial charge on any atom is -0.456 e. The predicted octanol–water partition coefficient (Wildman–Crippen LogP) is 4.67. The monoisotopic (exact) mass is 298 g/mol. The van der Waals surface area contributed by atoms with Crippen LogP contribution < -0.4 is 10.6 Å².